The van der Waals surface area contributed by atoms with Crippen LogP contribution in [-0.2, 0) is 19.1 Å². The van der Waals surface area contributed by atoms with Gasteiger partial charge in [0.05, 0.1) is 12.8 Å². The summed E-state index contributed by atoms with van der Waals surface area (Å²) in [5, 5.41) is 16.7. The first-order valence-corrected chi connectivity index (χ1v) is 4.22. The van der Waals surface area contributed by atoms with Crippen molar-refractivity contribution in [2.24, 2.45) is 0 Å². The molecule has 0 aromatic heterocycles. The number of rotatable bonds is 6. The average molecular weight is 216 g/mol. The maximum absolute atomic E-state index is 11.0. The van der Waals surface area contributed by atoms with E-state index in [1.807, 2.05) is 0 Å². The molecule has 0 aliphatic heterocycles. The maximum Gasteiger partial charge on any atom is 0.341 e. The molecule has 0 unspecified atom stereocenters. The second kappa shape index (κ2) is 6.72. The highest BCUT2D eigenvalue weighted by atomic mass is 16.6. The fraction of sp³-hybridized carbons (Fsp3) is 0.444. The number of ether oxygens (including phenoxy) is 1. The van der Waals surface area contributed by atoms with E-state index in [0.29, 0.717) is 0 Å². The third-order valence-corrected chi connectivity index (χ3v) is 1.45. The number of hydrogen-bond donors (Lipinski definition) is 2. The summed E-state index contributed by atoms with van der Waals surface area (Å²) in [6, 6.07) is 0. The Hall–Kier alpha value is -1.69. The van der Waals surface area contributed by atoms with Gasteiger partial charge in [-0.3, -0.25) is 9.59 Å². The second-order valence-electron chi connectivity index (χ2n) is 2.73. The molecule has 0 heterocycles. The second-order valence-corrected chi connectivity index (χ2v) is 2.73. The van der Waals surface area contributed by atoms with Gasteiger partial charge in [0.2, 0.25) is 0 Å². The number of carboxylic acids is 1. The van der Waals surface area contributed by atoms with E-state index >= 15 is 0 Å². The molecule has 0 atom stereocenters. The van der Waals surface area contributed by atoms with E-state index in [1.165, 1.54) is 0 Å². The topological polar surface area (TPSA) is 101 Å². The predicted octanol–water partition coefficient (Wildman–Crippen LogP) is -0.140. The van der Waals surface area contributed by atoms with Gasteiger partial charge in [0.25, 0.3) is 0 Å². The lowest BCUT2D eigenvalue weighted by atomic mass is 10.2. The van der Waals surface area contributed by atoms with Gasteiger partial charge in [-0.15, -0.1) is 0 Å². The lowest BCUT2D eigenvalue weighted by Crippen LogP contribution is -2.15. The number of hydrogen-bond acceptors (Lipinski definition) is 5. The predicted molar refractivity (Wildman–Crippen MR) is 48.8 cm³/mol. The first kappa shape index (κ1) is 13.3. The van der Waals surface area contributed by atoms with E-state index in [1.54, 1.807) is 0 Å². The lowest BCUT2D eigenvalue weighted by Gasteiger charge is -2.02. The van der Waals surface area contributed by atoms with Crippen molar-refractivity contribution in [3.05, 3.63) is 12.2 Å². The van der Waals surface area contributed by atoms with Crippen LogP contribution >= 0.6 is 0 Å². The third-order valence-electron chi connectivity index (χ3n) is 1.45. The SMILES string of the molecule is C=C(CCO)C(=O)OC(=O)CCC(=O)O. The Morgan fingerprint density at radius 3 is 2.20 bits per heavy atom. The molecule has 0 saturated carbocycles. The van der Waals surface area contributed by atoms with Crippen molar-refractivity contribution >= 4 is 17.9 Å². The van der Waals surface area contributed by atoms with Gasteiger partial charge in [0, 0.05) is 18.6 Å². The summed E-state index contributed by atoms with van der Waals surface area (Å²) in [6.45, 7) is 3.02. The Morgan fingerprint density at radius 1 is 1.13 bits per heavy atom. The minimum absolute atomic E-state index is 0.0189. The van der Waals surface area contributed by atoms with Crippen LogP contribution in [0.25, 0.3) is 0 Å². The highest BCUT2D eigenvalue weighted by molar-refractivity contribution is 5.96. The molecule has 0 rings (SSSR count). The molecule has 84 valence electrons. The molecule has 0 saturated heterocycles. The smallest absolute Gasteiger partial charge is 0.341 e. The van der Waals surface area contributed by atoms with Crippen LogP contribution in [0, 0.1) is 0 Å². The number of esters is 2. The first-order chi connectivity index (χ1) is 6.97. The van der Waals surface area contributed by atoms with Crippen molar-refractivity contribution in [3.8, 4) is 0 Å². The van der Waals surface area contributed by atoms with Crippen molar-refractivity contribution in [1.82, 2.24) is 0 Å². The molecular weight excluding hydrogens is 204 g/mol. The van der Waals surface area contributed by atoms with Crippen LogP contribution in [0.1, 0.15) is 19.3 Å². The maximum atomic E-state index is 11.0. The number of aliphatic hydroxyl groups excluding tert-OH is 1. The molecule has 6 nitrogen and oxygen atoms in total. The standard InChI is InChI=1S/C9H12O6/c1-6(4-5-10)9(14)15-8(13)3-2-7(11)12/h10H,1-5H2,(H,11,12). The summed E-state index contributed by atoms with van der Waals surface area (Å²) in [6.07, 6.45) is -0.739. The molecule has 0 radical (unpaired) electrons. The quantitative estimate of drug-likeness (QED) is 0.364. The Kier molecular flexibility index (Phi) is 5.96. The Labute approximate surface area is 86.2 Å². The van der Waals surface area contributed by atoms with Gasteiger partial charge in [-0.25, -0.2) is 4.79 Å². The van der Waals surface area contributed by atoms with Crippen molar-refractivity contribution in [2.45, 2.75) is 19.3 Å². The van der Waals surface area contributed by atoms with Crippen LogP contribution in [-0.4, -0.2) is 34.7 Å². The third kappa shape index (κ3) is 6.39. The monoisotopic (exact) mass is 216 g/mol. The van der Waals surface area contributed by atoms with Crippen molar-refractivity contribution in [2.75, 3.05) is 6.61 Å². The molecule has 0 aromatic rings. The number of carboxylic acid groups (broad SMARTS) is 1. The van der Waals surface area contributed by atoms with Crippen LogP contribution in [0.15, 0.2) is 12.2 Å². The molecule has 0 spiro atoms. The summed E-state index contributed by atoms with van der Waals surface area (Å²) in [4.78, 5) is 31.9. The van der Waals surface area contributed by atoms with Crippen LogP contribution in [0.5, 0.6) is 0 Å². The van der Waals surface area contributed by atoms with Gasteiger partial charge in [0.15, 0.2) is 0 Å². The van der Waals surface area contributed by atoms with Gasteiger partial charge >= 0.3 is 17.9 Å². The molecule has 2 N–H and O–H groups in total. The number of carbonyl (C=O) groups excluding carboxylic acids is 2. The molecule has 0 aromatic carbocycles. The number of carbonyl (C=O) groups is 3. The van der Waals surface area contributed by atoms with Crippen molar-refractivity contribution in [3.63, 3.8) is 0 Å². The Bertz CT molecular complexity index is 280. The normalized spacial score (nSPS) is 9.40. The molecule has 0 aliphatic carbocycles. The lowest BCUT2D eigenvalue weighted by molar-refractivity contribution is -0.158. The number of aliphatic hydroxyl groups is 1. The molecule has 0 fully saturated rings. The fourth-order valence-electron chi connectivity index (χ4n) is 0.673. The largest absolute Gasteiger partial charge is 0.481 e. The molecule has 0 amide bonds. The van der Waals surface area contributed by atoms with Gasteiger partial charge in [0.1, 0.15) is 0 Å². The summed E-state index contributed by atoms with van der Waals surface area (Å²) in [7, 11) is 0. The van der Waals surface area contributed by atoms with Crippen LogP contribution in [0.4, 0.5) is 0 Å². The number of aliphatic carboxylic acids is 1. The molecule has 0 bridgehead atoms. The van der Waals surface area contributed by atoms with Gasteiger partial charge in [-0.2, -0.15) is 0 Å². The van der Waals surface area contributed by atoms with Crippen LogP contribution < -0.4 is 0 Å². The van der Waals surface area contributed by atoms with Gasteiger partial charge in [-0.05, 0) is 0 Å². The van der Waals surface area contributed by atoms with Gasteiger partial charge in [-0.1, -0.05) is 6.58 Å². The molecule has 0 aliphatic rings. The minimum Gasteiger partial charge on any atom is -0.481 e. The van der Waals surface area contributed by atoms with Crippen molar-refractivity contribution < 1.29 is 29.3 Å². The highest BCUT2D eigenvalue weighted by Gasteiger charge is 2.14. The summed E-state index contributed by atoms with van der Waals surface area (Å²) >= 11 is 0. The molecular formula is C9H12O6. The molecule has 15 heavy (non-hydrogen) atoms. The van der Waals surface area contributed by atoms with E-state index < -0.39 is 24.3 Å². The van der Waals surface area contributed by atoms with E-state index in [0.717, 1.165) is 0 Å². The zero-order valence-corrected chi connectivity index (χ0v) is 8.06. The van der Waals surface area contributed by atoms with Crippen LogP contribution in [0.3, 0.4) is 0 Å². The highest BCUT2D eigenvalue weighted by Crippen LogP contribution is 2.02. The van der Waals surface area contributed by atoms with E-state index in [2.05, 4.69) is 11.3 Å². The van der Waals surface area contributed by atoms with E-state index in [-0.39, 0.29) is 25.0 Å². The zero-order valence-electron chi connectivity index (χ0n) is 8.06. The fourth-order valence-corrected chi connectivity index (χ4v) is 0.673. The Morgan fingerprint density at radius 2 is 1.73 bits per heavy atom. The molecule has 6 heteroatoms. The van der Waals surface area contributed by atoms with E-state index in [9.17, 15) is 14.4 Å². The summed E-state index contributed by atoms with van der Waals surface area (Å²) in [5.41, 5.74) is -0.0267. The van der Waals surface area contributed by atoms with Crippen molar-refractivity contribution in [1.29, 1.82) is 0 Å². The van der Waals surface area contributed by atoms with Gasteiger partial charge < -0.3 is 14.9 Å². The zero-order chi connectivity index (χ0) is 11.8. The summed E-state index contributed by atoms with van der Waals surface area (Å²) in [5.74, 6) is -2.99. The Balaban J connectivity index is 3.91. The first-order valence-electron chi connectivity index (χ1n) is 4.22. The average Bonchev–Trinajstić information content (AvgIpc) is 2.15. The summed E-state index contributed by atoms with van der Waals surface area (Å²) < 4.78 is 4.26. The minimum atomic E-state index is -1.14. The van der Waals surface area contributed by atoms with E-state index in [4.69, 9.17) is 10.2 Å². The van der Waals surface area contributed by atoms with Crippen LogP contribution in [0.2, 0.25) is 0 Å².